The highest BCUT2D eigenvalue weighted by Crippen LogP contribution is 2.36. The minimum absolute atomic E-state index is 0.00960. The number of carbonyl (C=O) groups excluding carboxylic acids is 2. The maximum Gasteiger partial charge on any atom is 0.340 e. The molecule has 0 aromatic heterocycles. The van der Waals surface area contributed by atoms with Crippen LogP contribution in [0.5, 0.6) is 11.5 Å². The smallest absolute Gasteiger partial charge is 0.340 e. The highest BCUT2D eigenvalue weighted by molar-refractivity contribution is 6.23. The Kier molecular flexibility index (Phi) is 6.26. The molecule has 0 atom stereocenters. The Hall–Kier alpha value is -3.54. The fourth-order valence-electron chi connectivity index (χ4n) is 3.34. The fourth-order valence-corrected chi connectivity index (χ4v) is 3.34. The Bertz CT molecular complexity index is 1030. The molecule has 2 aromatic rings. The monoisotopic (exact) mass is 407 g/mol. The number of esters is 1. The molecule has 2 aromatic carbocycles. The molecular formula is C24H25NO5. The molecule has 1 amide bonds. The number of aromatic hydroxyl groups is 1. The molecule has 6 heteroatoms. The van der Waals surface area contributed by atoms with Crippen LogP contribution in [-0.4, -0.2) is 30.2 Å². The van der Waals surface area contributed by atoms with Crippen LogP contribution >= 0.6 is 0 Å². The van der Waals surface area contributed by atoms with Gasteiger partial charge in [0, 0.05) is 11.4 Å². The van der Waals surface area contributed by atoms with Gasteiger partial charge in [0.05, 0.1) is 24.4 Å². The number of ether oxygens (including phenoxy) is 2. The average molecular weight is 407 g/mol. The maximum atomic E-state index is 13.3. The summed E-state index contributed by atoms with van der Waals surface area (Å²) in [5, 5.41) is 9.94. The SMILES string of the molecule is CCOC(=O)C1=C(C)N(c2ccc(C)cc2)C(=O)/C1=C\c1ccc(O)c(OCC)c1. The standard InChI is InChI=1S/C24H25NO5/c1-5-29-21-14-17(9-12-20(21)26)13-19-22(24(28)30-6-2)16(4)25(23(19)27)18-10-7-15(3)8-11-18/h7-14,26H,5-6H2,1-4H3/b19-13-. The van der Waals surface area contributed by atoms with Crippen LogP contribution in [0.25, 0.3) is 6.08 Å². The molecule has 0 radical (unpaired) electrons. The Morgan fingerprint density at radius 2 is 1.77 bits per heavy atom. The molecule has 3 rings (SSSR count). The molecule has 30 heavy (non-hydrogen) atoms. The van der Waals surface area contributed by atoms with Gasteiger partial charge in [-0.25, -0.2) is 4.79 Å². The molecule has 1 N–H and O–H groups in total. The first-order valence-electron chi connectivity index (χ1n) is 9.84. The number of anilines is 1. The van der Waals surface area contributed by atoms with E-state index in [2.05, 4.69) is 0 Å². The highest BCUT2D eigenvalue weighted by atomic mass is 16.5. The summed E-state index contributed by atoms with van der Waals surface area (Å²) < 4.78 is 10.6. The van der Waals surface area contributed by atoms with E-state index in [4.69, 9.17) is 9.47 Å². The van der Waals surface area contributed by atoms with Gasteiger partial charge in [-0.05, 0) is 63.6 Å². The molecule has 6 nitrogen and oxygen atoms in total. The zero-order chi connectivity index (χ0) is 21.8. The van der Waals surface area contributed by atoms with Gasteiger partial charge in [0.25, 0.3) is 5.91 Å². The predicted octanol–water partition coefficient (Wildman–Crippen LogP) is 4.37. The van der Waals surface area contributed by atoms with E-state index in [0.29, 0.717) is 29.3 Å². The van der Waals surface area contributed by atoms with E-state index in [1.807, 2.05) is 38.1 Å². The van der Waals surface area contributed by atoms with Gasteiger partial charge in [0.15, 0.2) is 11.5 Å². The van der Waals surface area contributed by atoms with Gasteiger partial charge in [-0.3, -0.25) is 9.69 Å². The lowest BCUT2D eigenvalue weighted by Gasteiger charge is -2.18. The minimum Gasteiger partial charge on any atom is -0.504 e. The molecule has 0 spiro atoms. The minimum atomic E-state index is -0.548. The molecule has 1 aliphatic rings. The van der Waals surface area contributed by atoms with Crippen LogP contribution in [-0.2, 0) is 14.3 Å². The lowest BCUT2D eigenvalue weighted by atomic mass is 10.0. The van der Waals surface area contributed by atoms with E-state index in [1.54, 1.807) is 32.1 Å². The summed E-state index contributed by atoms with van der Waals surface area (Å²) >= 11 is 0. The summed E-state index contributed by atoms with van der Waals surface area (Å²) in [5.74, 6) is -0.542. The molecule has 156 valence electrons. The van der Waals surface area contributed by atoms with Crippen LogP contribution < -0.4 is 9.64 Å². The van der Waals surface area contributed by atoms with Crippen LogP contribution in [0.1, 0.15) is 31.9 Å². The highest BCUT2D eigenvalue weighted by Gasteiger charge is 2.38. The van der Waals surface area contributed by atoms with E-state index < -0.39 is 5.97 Å². The van der Waals surface area contributed by atoms with Crippen LogP contribution in [0.15, 0.2) is 59.3 Å². The summed E-state index contributed by atoms with van der Waals surface area (Å²) in [6, 6.07) is 12.3. The number of phenols is 1. The first-order chi connectivity index (χ1) is 14.4. The Balaban J connectivity index is 2.11. The molecule has 0 saturated heterocycles. The van der Waals surface area contributed by atoms with Crippen molar-refractivity contribution in [2.45, 2.75) is 27.7 Å². The van der Waals surface area contributed by atoms with Gasteiger partial charge in [-0.15, -0.1) is 0 Å². The summed E-state index contributed by atoms with van der Waals surface area (Å²) in [5.41, 5.74) is 3.35. The summed E-state index contributed by atoms with van der Waals surface area (Å²) in [6.45, 7) is 7.83. The Morgan fingerprint density at radius 1 is 1.07 bits per heavy atom. The third kappa shape index (κ3) is 4.08. The average Bonchev–Trinajstić information content (AvgIpc) is 2.95. The number of carbonyl (C=O) groups is 2. The molecule has 0 unspecified atom stereocenters. The van der Waals surface area contributed by atoms with E-state index in [-0.39, 0.29) is 29.4 Å². The fraction of sp³-hybridized carbons (Fsp3) is 0.250. The molecule has 0 saturated carbocycles. The van der Waals surface area contributed by atoms with Crippen molar-refractivity contribution in [1.82, 2.24) is 0 Å². The van der Waals surface area contributed by atoms with Gasteiger partial charge < -0.3 is 14.6 Å². The van der Waals surface area contributed by atoms with Crippen molar-refractivity contribution < 1.29 is 24.2 Å². The molecule has 0 fully saturated rings. The first kappa shape index (κ1) is 21.2. The number of benzene rings is 2. The van der Waals surface area contributed by atoms with Crippen molar-refractivity contribution >= 4 is 23.6 Å². The van der Waals surface area contributed by atoms with Crippen molar-refractivity contribution in [1.29, 1.82) is 0 Å². The van der Waals surface area contributed by atoms with Crippen molar-refractivity contribution in [2.75, 3.05) is 18.1 Å². The number of nitrogens with zero attached hydrogens (tertiary/aromatic N) is 1. The maximum absolute atomic E-state index is 13.3. The van der Waals surface area contributed by atoms with Gasteiger partial charge in [0.2, 0.25) is 0 Å². The van der Waals surface area contributed by atoms with Crippen molar-refractivity contribution in [3.8, 4) is 11.5 Å². The summed E-state index contributed by atoms with van der Waals surface area (Å²) in [7, 11) is 0. The first-order valence-corrected chi connectivity index (χ1v) is 9.84. The Morgan fingerprint density at radius 3 is 2.40 bits per heavy atom. The number of allylic oxidation sites excluding steroid dienone is 1. The number of rotatable bonds is 6. The van der Waals surface area contributed by atoms with Gasteiger partial charge >= 0.3 is 5.97 Å². The van der Waals surface area contributed by atoms with Crippen molar-refractivity contribution in [3.05, 3.63) is 70.4 Å². The summed E-state index contributed by atoms with van der Waals surface area (Å²) in [6.07, 6.45) is 1.62. The van der Waals surface area contributed by atoms with Crippen LogP contribution in [0.4, 0.5) is 5.69 Å². The second kappa shape index (κ2) is 8.86. The number of phenolic OH excluding ortho intramolecular Hbond substituents is 1. The zero-order valence-electron chi connectivity index (χ0n) is 17.6. The third-order valence-corrected chi connectivity index (χ3v) is 4.77. The van der Waals surface area contributed by atoms with E-state index in [0.717, 1.165) is 5.56 Å². The predicted molar refractivity (Wildman–Crippen MR) is 115 cm³/mol. The van der Waals surface area contributed by atoms with Crippen LogP contribution in [0.2, 0.25) is 0 Å². The topological polar surface area (TPSA) is 76.1 Å². The molecular weight excluding hydrogens is 382 g/mol. The number of amides is 1. The number of hydrogen-bond acceptors (Lipinski definition) is 5. The number of hydrogen-bond donors (Lipinski definition) is 1. The quantitative estimate of drug-likeness (QED) is 0.569. The second-order valence-corrected chi connectivity index (χ2v) is 6.88. The van der Waals surface area contributed by atoms with E-state index in [1.165, 1.54) is 11.0 Å². The lowest BCUT2D eigenvalue weighted by Crippen LogP contribution is -2.24. The zero-order valence-corrected chi connectivity index (χ0v) is 17.6. The molecule has 1 aliphatic heterocycles. The lowest BCUT2D eigenvalue weighted by molar-refractivity contribution is -0.138. The molecule has 0 bridgehead atoms. The Labute approximate surface area is 176 Å². The van der Waals surface area contributed by atoms with Crippen LogP contribution in [0.3, 0.4) is 0 Å². The largest absolute Gasteiger partial charge is 0.504 e. The van der Waals surface area contributed by atoms with Gasteiger partial charge in [-0.2, -0.15) is 0 Å². The van der Waals surface area contributed by atoms with Crippen molar-refractivity contribution in [3.63, 3.8) is 0 Å². The second-order valence-electron chi connectivity index (χ2n) is 6.88. The van der Waals surface area contributed by atoms with E-state index in [9.17, 15) is 14.7 Å². The normalized spacial score (nSPS) is 15.1. The van der Waals surface area contributed by atoms with Crippen LogP contribution in [0, 0.1) is 6.92 Å². The van der Waals surface area contributed by atoms with Gasteiger partial charge in [-0.1, -0.05) is 23.8 Å². The van der Waals surface area contributed by atoms with Crippen molar-refractivity contribution in [2.24, 2.45) is 0 Å². The molecule has 1 heterocycles. The number of aryl methyl sites for hydroxylation is 1. The van der Waals surface area contributed by atoms with E-state index >= 15 is 0 Å². The third-order valence-electron chi connectivity index (χ3n) is 4.77. The van der Waals surface area contributed by atoms with Gasteiger partial charge in [0.1, 0.15) is 0 Å². The molecule has 0 aliphatic carbocycles. The summed E-state index contributed by atoms with van der Waals surface area (Å²) in [4.78, 5) is 27.5.